The summed E-state index contributed by atoms with van der Waals surface area (Å²) in [5.74, 6) is 0. The van der Waals surface area contributed by atoms with E-state index in [1.165, 1.54) is 0 Å². The second kappa shape index (κ2) is 34.5. The molecule has 0 aromatic rings. The van der Waals surface area contributed by atoms with Crippen molar-refractivity contribution in [2.75, 3.05) is 0 Å². The summed E-state index contributed by atoms with van der Waals surface area (Å²) in [4.78, 5) is 51.3. The molecule has 0 saturated carbocycles. The molecule has 23 heteroatoms. The van der Waals surface area contributed by atoms with Gasteiger partial charge in [0.25, 0.3) is 0 Å². The SMILES string of the molecule is O.O.O.O.O=P([O-])([O-])[O-].O=P([O-])([O-])[O-].O=S(=O)([O-])[O-].[Ca+2].[Ca+2].[Ca+2].[Ca+2]. The summed E-state index contributed by atoms with van der Waals surface area (Å²) >= 11 is 0. The van der Waals surface area contributed by atoms with E-state index in [2.05, 4.69) is 0 Å². The van der Waals surface area contributed by atoms with E-state index in [0.717, 1.165) is 0 Å². The maximum atomic E-state index is 8.55. The minimum absolute atomic E-state index is 0. The largest absolute Gasteiger partial charge is 2.00 e. The van der Waals surface area contributed by atoms with Gasteiger partial charge in [-0.2, -0.15) is 15.6 Å². The summed E-state index contributed by atoms with van der Waals surface area (Å²) in [6.45, 7) is 0. The third-order valence-corrected chi connectivity index (χ3v) is 0. The third kappa shape index (κ3) is 681. The average Bonchev–Trinajstić information content (AvgIpc) is 1.41. The minimum Gasteiger partial charge on any atom is -0.822 e. The van der Waals surface area contributed by atoms with Gasteiger partial charge in [0.1, 0.15) is 0 Å². The molecular formula is H8Ca4O16P2S. The van der Waals surface area contributed by atoms with E-state index in [9.17, 15) is 0 Å². The Hall–Kier alpha value is 4.97. The van der Waals surface area contributed by atoms with Gasteiger partial charge in [-0.05, 0) is 0 Å². The molecule has 16 nitrogen and oxygen atoms in total. The van der Waals surface area contributed by atoms with Crippen molar-refractivity contribution < 1.29 is 77.9 Å². The zero-order valence-electron chi connectivity index (χ0n) is 11.0. The molecule has 23 heavy (non-hydrogen) atoms. The fraction of sp³-hybridized carbons (Fsp3) is 0. The number of phosphoric acid groups is 2. The van der Waals surface area contributed by atoms with Gasteiger partial charge in [0, 0.05) is 10.4 Å². The molecule has 0 aromatic heterocycles. The summed E-state index contributed by atoms with van der Waals surface area (Å²) < 4.78 is 51.2. The van der Waals surface area contributed by atoms with Crippen molar-refractivity contribution in [3.8, 4) is 0 Å². The number of rotatable bonds is 0. The van der Waals surface area contributed by atoms with Gasteiger partial charge >= 0.3 is 151 Å². The maximum absolute atomic E-state index is 8.55. The van der Waals surface area contributed by atoms with Crippen molar-refractivity contribution in [3.05, 3.63) is 0 Å². The Morgan fingerprint density at radius 2 is 0.522 bits per heavy atom. The van der Waals surface area contributed by atoms with Gasteiger partial charge in [0.2, 0.25) is 0 Å². The van der Waals surface area contributed by atoms with Crippen LogP contribution in [0, 0.1) is 0 Å². The molecule has 0 heterocycles. The molecule has 8 N–H and O–H groups in total. The standard InChI is InChI=1S/4Ca.2H3O4P.H2O4S.4H2O/c;;;;3*1-5(2,3)4;;;;/h;;;;2*(H3,1,2,3,4);(H2,1,2,3,4);4*1H2/q4*+2;;;;;;;/p-8. The van der Waals surface area contributed by atoms with E-state index in [4.69, 9.17) is 56.0 Å². The van der Waals surface area contributed by atoms with Crippen molar-refractivity contribution >= 4 is 177 Å². The first-order chi connectivity index (χ1) is 6.00. The van der Waals surface area contributed by atoms with Gasteiger partial charge in [-0.1, -0.05) is 0 Å². The van der Waals surface area contributed by atoms with Crippen LogP contribution in [0.1, 0.15) is 0 Å². The Morgan fingerprint density at radius 3 is 0.522 bits per heavy atom. The van der Waals surface area contributed by atoms with E-state index in [1.54, 1.807) is 0 Å². The molecule has 0 bridgehead atoms. The van der Waals surface area contributed by atoms with Crippen molar-refractivity contribution in [1.82, 2.24) is 0 Å². The molecule has 0 atom stereocenters. The fourth-order valence-corrected chi connectivity index (χ4v) is 0. The van der Waals surface area contributed by atoms with Crippen LogP contribution in [0.3, 0.4) is 0 Å². The zero-order chi connectivity index (χ0) is 13.5. The Labute approximate surface area is 249 Å². The smallest absolute Gasteiger partial charge is 0.822 e. The van der Waals surface area contributed by atoms with Gasteiger partial charge in [0.15, 0.2) is 0 Å². The van der Waals surface area contributed by atoms with Crippen LogP contribution < -0.4 is 29.4 Å². The monoisotopic (exact) mass is 518 g/mol. The molecule has 0 rings (SSSR count). The molecule has 0 spiro atoms. The molecule has 0 amide bonds. The van der Waals surface area contributed by atoms with E-state index in [-0.39, 0.29) is 173 Å². The maximum Gasteiger partial charge on any atom is 2.00 e. The first-order valence-corrected chi connectivity index (χ1v) is 6.38. The predicted octanol–water partition coefficient (Wildman–Crippen LogP) is -11.8. The summed E-state index contributed by atoms with van der Waals surface area (Å²) in [5.41, 5.74) is 0. The molecule has 0 aliphatic rings. The minimum atomic E-state index is -5.39. The van der Waals surface area contributed by atoms with Crippen LogP contribution >= 0.6 is 15.6 Å². The topological polar surface area (TPSA) is 379 Å². The number of hydrogen-bond acceptors (Lipinski definition) is 12. The van der Waals surface area contributed by atoms with E-state index in [0.29, 0.717) is 0 Å². The van der Waals surface area contributed by atoms with Crippen molar-refractivity contribution in [1.29, 1.82) is 0 Å². The van der Waals surface area contributed by atoms with Crippen molar-refractivity contribution in [2.45, 2.75) is 0 Å². The van der Waals surface area contributed by atoms with Crippen LogP contribution in [0.2, 0.25) is 0 Å². The van der Waals surface area contributed by atoms with E-state index < -0.39 is 26.0 Å². The second-order valence-electron chi connectivity index (χ2n) is 1.30. The van der Waals surface area contributed by atoms with Gasteiger partial charge in [-0.25, -0.2) is 0 Å². The first-order valence-electron chi connectivity index (χ1n) is 2.13. The van der Waals surface area contributed by atoms with Crippen LogP contribution in [0.5, 0.6) is 0 Å². The van der Waals surface area contributed by atoms with Crippen LogP contribution in [-0.4, -0.2) is 190 Å². The summed E-state index contributed by atoms with van der Waals surface area (Å²) in [7, 11) is -15.9. The fourth-order valence-electron chi connectivity index (χ4n) is 0. The Morgan fingerprint density at radius 1 is 0.522 bits per heavy atom. The summed E-state index contributed by atoms with van der Waals surface area (Å²) in [6, 6.07) is 0. The van der Waals surface area contributed by atoms with Crippen molar-refractivity contribution in [3.63, 3.8) is 0 Å². The van der Waals surface area contributed by atoms with Crippen LogP contribution in [-0.2, 0) is 19.5 Å². The van der Waals surface area contributed by atoms with Gasteiger partial charge in [-0.15, -0.1) is 0 Å². The Kier molecular flexibility index (Phi) is 106. The van der Waals surface area contributed by atoms with E-state index in [1.807, 2.05) is 0 Å². The predicted molar refractivity (Wildman–Crippen MR) is 63.2 cm³/mol. The Bertz CT molecular complexity index is 295. The van der Waals surface area contributed by atoms with Crippen LogP contribution in [0.25, 0.3) is 0 Å². The molecule has 0 fully saturated rings. The normalized spacial score (nSPS) is 7.65. The van der Waals surface area contributed by atoms with Gasteiger partial charge in [0.05, 0.1) is 0 Å². The first kappa shape index (κ1) is 70.6. The summed E-state index contributed by atoms with van der Waals surface area (Å²) in [6.07, 6.45) is 0. The zero-order valence-corrected chi connectivity index (χ0v) is 22.5. The number of hydrogen-bond donors (Lipinski definition) is 0. The molecular weight excluding hydrogens is 510 g/mol. The quantitative estimate of drug-likeness (QED) is 0.125. The molecule has 128 valence electrons. The molecule has 0 aromatic carbocycles. The van der Waals surface area contributed by atoms with Gasteiger partial charge < -0.3 is 69.5 Å². The summed E-state index contributed by atoms with van der Waals surface area (Å²) in [5, 5.41) is 0. The second-order valence-corrected chi connectivity index (χ2v) is 3.91. The third-order valence-electron chi connectivity index (χ3n) is 0. The Balaban J connectivity index is -0.00000000889. The molecule has 0 radical (unpaired) electrons. The molecule has 0 unspecified atom stereocenters. The van der Waals surface area contributed by atoms with Crippen LogP contribution in [0.15, 0.2) is 0 Å². The van der Waals surface area contributed by atoms with Gasteiger partial charge in [-0.3, -0.25) is 8.42 Å². The molecule has 0 aliphatic carbocycles. The van der Waals surface area contributed by atoms with Crippen molar-refractivity contribution in [2.24, 2.45) is 0 Å². The molecule has 0 aliphatic heterocycles. The average molecular weight is 518 g/mol. The molecule has 0 saturated heterocycles. The van der Waals surface area contributed by atoms with E-state index >= 15 is 0 Å². The van der Waals surface area contributed by atoms with Crippen LogP contribution in [0.4, 0.5) is 0 Å².